The lowest BCUT2D eigenvalue weighted by Gasteiger charge is -2.29. The minimum atomic E-state index is -3.64. The molecule has 0 radical (unpaired) electrons. The zero-order valence-electron chi connectivity index (χ0n) is 19.1. The molecule has 3 aromatic rings. The minimum absolute atomic E-state index is 0.197. The first-order chi connectivity index (χ1) is 15.9. The first-order valence-corrected chi connectivity index (χ1v) is 13.0. The van der Waals surface area contributed by atoms with E-state index in [2.05, 4.69) is 24.1 Å². The SMILES string of the molecule is CCCCNC(=O)c1cc(-c2cccnc2)nc2ccc(S(=O)(=O)N3CCC(C)CC3)cc12. The largest absolute Gasteiger partial charge is 0.352 e. The van der Waals surface area contributed by atoms with E-state index in [1.807, 2.05) is 12.1 Å². The lowest BCUT2D eigenvalue weighted by Crippen LogP contribution is -2.37. The number of unbranched alkanes of at least 4 members (excludes halogenated alkanes) is 1. The van der Waals surface area contributed by atoms with Gasteiger partial charge in [0.2, 0.25) is 10.0 Å². The van der Waals surface area contributed by atoms with E-state index in [4.69, 9.17) is 4.98 Å². The van der Waals surface area contributed by atoms with Crippen LogP contribution in [0.2, 0.25) is 0 Å². The van der Waals surface area contributed by atoms with Gasteiger partial charge in [0.1, 0.15) is 0 Å². The van der Waals surface area contributed by atoms with E-state index in [1.165, 1.54) is 0 Å². The number of pyridine rings is 2. The van der Waals surface area contributed by atoms with Crippen LogP contribution in [0, 0.1) is 5.92 Å². The molecule has 0 saturated carbocycles. The van der Waals surface area contributed by atoms with E-state index < -0.39 is 10.0 Å². The van der Waals surface area contributed by atoms with Gasteiger partial charge in [-0.1, -0.05) is 20.3 Å². The highest BCUT2D eigenvalue weighted by atomic mass is 32.2. The smallest absolute Gasteiger partial charge is 0.252 e. The lowest BCUT2D eigenvalue weighted by molar-refractivity contribution is 0.0954. The van der Waals surface area contributed by atoms with Crippen molar-refractivity contribution >= 4 is 26.8 Å². The Balaban J connectivity index is 1.79. The quantitative estimate of drug-likeness (QED) is 0.526. The Bertz CT molecular complexity index is 1240. The van der Waals surface area contributed by atoms with Crippen LogP contribution in [0.25, 0.3) is 22.2 Å². The molecule has 1 N–H and O–H groups in total. The molecule has 1 fully saturated rings. The Hall–Kier alpha value is -2.84. The Morgan fingerprint density at radius 1 is 1.18 bits per heavy atom. The van der Waals surface area contributed by atoms with E-state index >= 15 is 0 Å². The highest BCUT2D eigenvalue weighted by molar-refractivity contribution is 7.89. The molecule has 1 aliphatic rings. The first-order valence-electron chi connectivity index (χ1n) is 11.5. The summed E-state index contributed by atoms with van der Waals surface area (Å²) in [6.45, 7) is 5.81. The van der Waals surface area contributed by atoms with Gasteiger partial charge in [0, 0.05) is 43.0 Å². The van der Waals surface area contributed by atoms with Gasteiger partial charge in [-0.2, -0.15) is 4.31 Å². The number of piperidine rings is 1. The maximum atomic E-state index is 13.3. The molecule has 8 heteroatoms. The third-order valence-electron chi connectivity index (χ3n) is 6.18. The van der Waals surface area contributed by atoms with E-state index in [-0.39, 0.29) is 10.8 Å². The third-order valence-corrected chi connectivity index (χ3v) is 8.07. The van der Waals surface area contributed by atoms with E-state index in [0.29, 0.717) is 47.7 Å². The molecule has 1 amide bonds. The lowest BCUT2D eigenvalue weighted by atomic mass is 10.0. The van der Waals surface area contributed by atoms with Crippen LogP contribution in [-0.4, -0.2) is 48.2 Å². The monoisotopic (exact) mass is 466 g/mol. The van der Waals surface area contributed by atoms with Crippen molar-refractivity contribution in [2.24, 2.45) is 5.92 Å². The number of sulfonamides is 1. The summed E-state index contributed by atoms with van der Waals surface area (Å²) < 4.78 is 28.2. The van der Waals surface area contributed by atoms with Gasteiger partial charge in [-0.25, -0.2) is 13.4 Å². The van der Waals surface area contributed by atoms with Crippen LogP contribution >= 0.6 is 0 Å². The topological polar surface area (TPSA) is 92.3 Å². The summed E-state index contributed by atoms with van der Waals surface area (Å²) in [6, 6.07) is 10.3. The van der Waals surface area contributed by atoms with Gasteiger partial charge in [0.05, 0.1) is 21.7 Å². The highest BCUT2D eigenvalue weighted by Crippen LogP contribution is 2.29. The molecule has 7 nitrogen and oxygen atoms in total. The molecular formula is C25H30N4O3S. The molecule has 33 heavy (non-hydrogen) atoms. The number of hydrogen-bond acceptors (Lipinski definition) is 5. The second-order valence-corrected chi connectivity index (χ2v) is 10.6. The predicted molar refractivity (Wildman–Crippen MR) is 129 cm³/mol. The Morgan fingerprint density at radius 2 is 1.97 bits per heavy atom. The molecule has 0 unspecified atom stereocenters. The van der Waals surface area contributed by atoms with Crippen molar-refractivity contribution in [1.29, 1.82) is 0 Å². The molecule has 3 heterocycles. The fraction of sp³-hybridized carbons (Fsp3) is 0.400. The van der Waals surface area contributed by atoms with Crippen LogP contribution in [0.1, 0.15) is 49.9 Å². The molecule has 1 aliphatic heterocycles. The second kappa shape index (κ2) is 9.97. The van der Waals surface area contributed by atoms with Gasteiger partial charge >= 0.3 is 0 Å². The maximum absolute atomic E-state index is 13.3. The predicted octanol–water partition coefficient (Wildman–Crippen LogP) is 4.25. The van der Waals surface area contributed by atoms with E-state index in [0.717, 1.165) is 31.2 Å². The fourth-order valence-corrected chi connectivity index (χ4v) is 5.56. The number of benzene rings is 1. The number of nitrogens with one attached hydrogen (secondary N) is 1. The summed E-state index contributed by atoms with van der Waals surface area (Å²) in [7, 11) is -3.64. The minimum Gasteiger partial charge on any atom is -0.352 e. The summed E-state index contributed by atoms with van der Waals surface area (Å²) >= 11 is 0. The van der Waals surface area contributed by atoms with Crippen LogP contribution < -0.4 is 5.32 Å². The molecule has 1 aromatic carbocycles. The number of hydrogen-bond donors (Lipinski definition) is 1. The number of carbonyl (C=O) groups excluding carboxylic acids is 1. The van der Waals surface area contributed by atoms with Crippen molar-refractivity contribution in [2.45, 2.75) is 44.4 Å². The molecule has 0 atom stereocenters. The second-order valence-electron chi connectivity index (χ2n) is 8.67. The van der Waals surface area contributed by atoms with E-state index in [9.17, 15) is 13.2 Å². The van der Waals surface area contributed by atoms with Crippen LogP contribution in [0.15, 0.2) is 53.7 Å². The van der Waals surface area contributed by atoms with Gasteiger partial charge in [-0.3, -0.25) is 9.78 Å². The molecular weight excluding hydrogens is 436 g/mol. The maximum Gasteiger partial charge on any atom is 0.252 e. The summed E-state index contributed by atoms with van der Waals surface area (Å²) in [5.74, 6) is 0.295. The number of carbonyl (C=O) groups is 1. The summed E-state index contributed by atoms with van der Waals surface area (Å²) in [5, 5.41) is 3.49. The van der Waals surface area contributed by atoms with Crippen molar-refractivity contribution in [3.8, 4) is 11.3 Å². The first kappa shape index (κ1) is 23.3. The van der Waals surface area contributed by atoms with Crippen LogP contribution in [-0.2, 0) is 10.0 Å². The number of amides is 1. The third kappa shape index (κ3) is 5.07. The summed E-state index contributed by atoms with van der Waals surface area (Å²) in [4.78, 5) is 22.2. The molecule has 0 spiro atoms. The van der Waals surface area contributed by atoms with Gasteiger partial charge < -0.3 is 5.32 Å². The zero-order valence-corrected chi connectivity index (χ0v) is 19.9. The number of rotatable bonds is 7. The zero-order chi connectivity index (χ0) is 23.4. The van der Waals surface area contributed by atoms with Crippen LogP contribution in [0.5, 0.6) is 0 Å². The molecule has 2 aromatic heterocycles. The molecule has 0 aliphatic carbocycles. The number of nitrogens with zero attached hydrogens (tertiary/aromatic N) is 3. The summed E-state index contributed by atoms with van der Waals surface area (Å²) in [6.07, 6.45) is 6.93. The highest BCUT2D eigenvalue weighted by Gasteiger charge is 2.28. The number of aromatic nitrogens is 2. The number of fused-ring (bicyclic) bond motifs is 1. The average molecular weight is 467 g/mol. The van der Waals surface area contributed by atoms with E-state index in [1.54, 1.807) is 41.0 Å². The van der Waals surface area contributed by atoms with Crippen molar-refractivity contribution in [3.05, 3.63) is 54.4 Å². The molecule has 4 rings (SSSR count). The average Bonchev–Trinajstić information content (AvgIpc) is 2.84. The van der Waals surface area contributed by atoms with Crippen LogP contribution in [0.3, 0.4) is 0 Å². The molecule has 1 saturated heterocycles. The Labute approximate surface area is 195 Å². The van der Waals surface area contributed by atoms with Crippen molar-refractivity contribution < 1.29 is 13.2 Å². The van der Waals surface area contributed by atoms with Gasteiger partial charge in [-0.15, -0.1) is 0 Å². The van der Waals surface area contributed by atoms with Crippen molar-refractivity contribution in [3.63, 3.8) is 0 Å². The Morgan fingerprint density at radius 3 is 2.67 bits per heavy atom. The summed E-state index contributed by atoms with van der Waals surface area (Å²) in [5.41, 5.74) is 2.40. The van der Waals surface area contributed by atoms with Gasteiger partial charge in [0.15, 0.2) is 0 Å². The van der Waals surface area contributed by atoms with Crippen molar-refractivity contribution in [2.75, 3.05) is 19.6 Å². The van der Waals surface area contributed by atoms with Crippen LogP contribution in [0.4, 0.5) is 0 Å². The van der Waals surface area contributed by atoms with Crippen molar-refractivity contribution in [1.82, 2.24) is 19.6 Å². The standard InChI is InChI=1S/C25H30N4O3S/c1-3-4-12-27-25(30)22-16-24(19-6-5-11-26-17-19)28-23-8-7-20(15-21(22)23)33(31,32)29-13-9-18(2)10-14-29/h5-8,11,15-18H,3-4,9-10,12-14H2,1-2H3,(H,27,30). The van der Waals surface area contributed by atoms with Gasteiger partial charge in [-0.05, 0) is 61.6 Å². The van der Waals surface area contributed by atoms with Gasteiger partial charge in [0.25, 0.3) is 5.91 Å². The normalized spacial score (nSPS) is 15.6. The molecule has 174 valence electrons. The molecule has 0 bridgehead atoms. The fourth-order valence-electron chi connectivity index (χ4n) is 4.06. The Kier molecular flexibility index (Phi) is 7.05.